The Kier molecular flexibility index (Phi) is 7.25. The molecule has 1 fully saturated rings. The zero-order valence-electron chi connectivity index (χ0n) is 15.1. The third-order valence-corrected chi connectivity index (χ3v) is 6.96. The molecule has 1 aromatic carbocycles. The van der Waals surface area contributed by atoms with Crippen molar-refractivity contribution in [3.05, 3.63) is 30.3 Å². The highest BCUT2D eigenvalue weighted by Gasteiger charge is 2.35. The first-order chi connectivity index (χ1) is 12.0. The van der Waals surface area contributed by atoms with Gasteiger partial charge in [-0.1, -0.05) is 32.0 Å². The Hall–Kier alpha value is -1.60. The second-order valence-electron chi connectivity index (χ2n) is 6.33. The highest BCUT2D eigenvalue weighted by molar-refractivity contribution is 7.92. The molecular weight excluding hydrogens is 338 g/mol. The van der Waals surface area contributed by atoms with Crippen molar-refractivity contribution >= 4 is 15.9 Å². The molecule has 0 aromatic heterocycles. The first kappa shape index (κ1) is 19.7. The molecule has 0 aliphatic carbocycles. The minimum absolute atomic E-state index is 0.162. The van der Waals surface area contributed by atoms with Gasteiger partial charge in [0, 0.05) is 19.6 Å². The van der Waals surface area contributed by atoms with Gasteiger partial charge in [0.15, 0.2) is 9.84 Å². The summed E-state index contributed by atoms with van der Waals surface area (Å²) in [6, 6.07) is 8.32. The van der Waals surface area contributed by atoms with E-state index in [1.165, 1.54) is 0 Å². The van der Waals surface area contributed by atoms with Crippen LogP contribution in [-0.4, -0.2) is 68.8 Å². The summed E-state index contributed by atoms with van der Waals surface area (Å²) in [4.78, 5) is 16.5. The number of nitrogens with one attached hydrogen (secondary N) is 1. The Morgan fingerprint density at radius 1 is 1.24 bits per heavy atom. The lowest BCUT2D eigenvalue weighted by Crippen LogP contribution is -2.40. The summed E-state index contributed by atoms with van der Waals surface area (Å²) in [6.07, 6.45) is 1.39. The topological polar surface area (TPSA) is 69.7 Å². The Labute approximate surface area is 151 Å². The molecule has 0 saturated carbocycles. The Morgan fingerprint density at radius 2 is 1.92 bits per heavy atom. The molecule has 7 heteroatoms. The average molecular weight is 368 g/mol. The van der Waals surface area contributed by atoms with E-state index in [1.54, 1.807) is 35.2 Å². The maximum atomic E-state index is 12.6. The predicted molar refractivity (Wildman–Crippen MR) is 99.4 cm³/mol. The van der Waals surface area contributed by atoms with Crippen LogP contribution < -0.4 is 5.32 Å². The lowest BCUT2D eigenvalue weighted by atomic mass is 10.3. The Morgan fingerprint density at radius 3 is 2.56 bits per heavy atom. The fraction of sp³-hybridized carbons (Fsp3) is 0.611. The van der Waals surface area contributed by atoms with Crippen LogP contribution in [0.2, 0.25) is 0 Å². The molecule has 1 N–H and O–H groups in total. The van der Waals surface area contributed by atoms with Gasteiger partial charge in [-0.3, -0.25) is 0 Å². The van der Waals surface area contributed by atoms with Crippen LogP contribution in [0, 0.1) is 0 Å². The fourth-order valence-corrected chi connectivity index (χ4v) is 4.83. The summed E-state index contributed by atoms with van der Waals surface area (Å²) in [5.74, 6) is 0. The van der Waals surface area contributed by atoms with Gasteiger partial charge in [0.05, 0.1) is 10.1 Å². The first-order valence-electron chi connectivity index (χ1n) is 9.03. The number of carbonyl (C=O) groups excluding carboxylic acids is 1. The van der Waals surface area contributed by atoms with Crippen LogP contribution in [0.5, 0.6) is 0 Å². The van der Waals surface area contributed by atoms with Gasteiger partial charge in [-0.25, -0.2) is 13.2 Å². The summed E-state index contributed by atoms with van der Waals surface area (Å²) in [7, 11) is -3.38. The van der Waals surface area contributed by atoms with Crippen LogP contribution in [0.1, 0.15) is 26.7 Å². The second kappa shape index (κ2) is 9.20. The summed E-state index contributed by atoms with van der Waals surface area (Å²) in [6.45, 7) is 8.59. The normalized spacial score (nSPS) is 17.9. The third kappa shape index (κ3) is 5.19. The number of urea groups is 1. The Bertz CT molecular complexity index is 645. The molecule has 1 aromatic rings. The number of hydrogen-bond donors (Lipinski definition) is 1. The van der Waals surface area contributed by atoms with Gasteiger partial charge in [0.25, 0.3) is 0 Å². The van der Waals surface area contributed by atoms with E-state index in [4.69, 9.17) is 0 Å². The van der Waals surface area contributed by atoms with Crippen molar-refractivity contribution < 1.29 is 13.2 Å². The van der Waals surface area contributed by atoms with E-state index >= 15 is 0 Å². The number of benzene rings is 1. The number of carbonyl (C=O) groups is 1. The van der Waals surface area contributed by atoms with Gasteiger partial charge in [0.2, 0.25) is 0 Å². The SMILES string of the molecule is CCN(CC)CCCNC(=O)N1CCC(S(=O)(=O)c2ccccc2)C1. The van der Waals surface area contributed by atoms with Crippen molar-refractivity contribution in [2.75, 3.05) is 39.3 Å². The maximum Gasteiger partial charge on any atom is 0.317 e. The second-order valence-corrected chi connectivity index (χ2v) is 8.56. The van der Waals surface area contributed by atoms with Crippen molar-refractivity contribution in [3.63, 3.8) is 0 Å². The van der Waals surface area contributed by atoms with Crippen LogP contribution in [-0.2, 0) is 9.84 Å². The lowest BCUT2D eigenvalue weighted by Gasteiger charge is -2.20. The van der Waals surface area contributed by atoms with E-state index in [0.717, 1.165) is 26.1 Å². The van der Waals surface area contributed by atoms with Crippen molar-refractivity contribution in [2.45, 2.75) is 36.8 Å². The molecule has 0 radical (unpaired) electrons. The van der Waals surface area contributed by atoms with Crippen molar-refractivity contribution in [1.29, 1.82) is 0 Å². The van der Waals surface area contributed by atoms with E-state index in [0.29, 0.717) is 24.4 Å². The molecule has 0 bridgehead atoms. The summed E-state index contributed by atoms with van der Waals surface area (Å²) < 4.78 is 25.3. The van der Waals surface area contributed by atoms with Crippen molar-refractivity contribution in [2.24, 2.45) is 0 Å². The van der Waals surface area contributed by atoms with Crippen LogP contribution in [0.3, 0.4) is 0 Å². The van der Waals surface area contributed by atoms with E-state index in [2.05, 4.69) is 24.1 Å². The van der Waals surface area contributed by atoms with Crippen LogP contribution in [0.25, 0.3) is 0 Å². The molecule has 6 nitrogen and oxygen atoms in total. The average Bonchev–Trinajstić information content (AvgIpc) is 3.13. The Balaban J connectivity index is 1.81. The minimum atomic E-state index is -3.38. The zero-order valence-corrected chi connectivity index (χ0v) is 16.0. The predicted octanol–water partition coefficient (Wildman–Crippen LogP) is 1.98. The van der Waals surface area contributed by atoms with Crippen LogP contribution >= 0.6 is 0 Å². The molecule has 1 atom stereocenters. The van der Waals surface area contributed by atoms with Crippen molar-refractivity contribution in [3.8, 4) is 0 Å². The van der Waals surface area contributed by atoms with Gasteiger partial charge < -0.3 is 15.1 Å². The number of likely N-dealkylation sites (tertiary alicyclic amines) is 1. The number of hydrogen-bond acceptors (Lipinski definition) is 4. The van der Waals surface area contributed by atoms with Crippen molar-refractivity contribution in [1.82, 2.24) is 15.1 Å². The molecule has 1 heterocycles. The molecular formula is C18H29N3O3S. The lowest BCUT2D eigenvalue weighted by molar-refractivity contribution is 0.207. The number of nitrogens with zero attached hydrogens (tertiary/aromatic N) is 2. The minimum Gasteiger partial charge on any atom is -0.338 e. The van der Waals surface area contributed by atoms with E-state index in [9.17, 15) is 13.2 Å². The molecule has 140 valence electrons. The van der Waals surface area contributed by atoms with Gasteiger partial charge in [0.1, 0.15) is 0 Å². The smallest absolute Gasteiger partial charge is 0.317 e. The van der Waals surface area contributed by atoms with Gasteiger partial charge in [-0.15, -0.1) is 0 Å². The van der Waals surface area contributed by atoms with Gasteiger partial charge in [-0.2, -0.15) is 0 Å². The fourth-order valence-electron chi connectivity index (χ4n) is 3.12. The quantitative estimate of drug-likeness (QED) is 0.713. The highest BCUT2D eigenvalue weighted by Crippen LogP contribution is 2.23. The van der Waals surface area contributed by atoms with Crippen LogP contribution in [0.4, 0.5) is 4.79 Å². The molecule has 1 aliphatic heterocycles. The van der Waals surface area contributed by atoms with Crippen LogP contribution in [0.15, 0.2) is 35.2 Å². The molecule has 1 saturated heterocycles. The standard InChI is InChI=1S/C18H29N3O3S/c1-3-20(4-2)13-8-12-19-18(22)21-14-11-17(15-21)25(23,24)16-9-6-5-7-10-16/h5-7,9-10,17H,3-4,8,11-15H2,1-2H3,(H,19,22). The number of rotatable bonds is 8. The van der Waals surface area contributed by atoms with E-state index < -0.39 is 15.1 Å². The van der Waals surface area contributed by atoms with Gasteiger partial charge >= 0.3 is 6.03 Å². The summed E-state index contributed by atoms with van der Waals surface area (Å²) >= 11 is 0. The molecule has 25 heavy (non-hydrogen) atoms. The molecule has 2 amide bonds. The van der Waals surface area contributed by atoms with E-state index in [-0.39, 0.29) is 12.6 Å². The monoisotopic (exact) mass is 367 g/mol. The molecule has 1 unspecified atom stereocenters. The molecule has 0 spiro atoms. The first-order valence-corrected chi connectivity index (χ1v) is 10.6. The number of sulfone groups is 1. The maximum absolute atomic E-state index is 12.6. The highest BCUT2D eigenvalue weighted by atomic mass is 32.2. The largest absolute Gasteiger partial charge is 0.338 e. The van der Waals surface area contributed by atoms with E-state index in [1.807, 2.05) is 0 Å². The molecule has 1 aliphatic rings. The summed E-state index contributed by atoms with van der Waals surface area (Å²) in [5.41, 5.74) is 0. The number of amides is 2. The van der Waals surface area contributed by atoms with Gasteiger partial charge in [-0.05, 0) is 44.6 Å². The third-order valence-electron chi connectivity index (χ3n) is 4.76. The molecule has 2 rings (SSSR count). The zero-order chi connectivity index (χ0) is 18.3. The summed E-state index contributed by atoms with van der Waals surface area (Å²) in [5, 5.41) is 2.39.